The van der Waals surface area contributed by atoms with Gasteiger partial charge in [0.25, 0.3) is 0 Å². The number of benzene rings is 2. The molecule has 0 saturated heterocycles. The second-order valence-corrected chi connectivity index (χ2v) is 8.84. The lowest BCUT2D eigenvalue weighted by molar-refractivity contribution is -0.519. The van der Waals surface area contributed by atoms with Crippen LogP contribution in [0.2, 0.25) is 0 Å². The number of rotatable bonds is 10. The lowest BCUT2D eigenvalue weighted by Crippen LogP contribution is -2.21. The van der Waals surface area contributed by atoms with Crippen molar-refractivity contribution in [2.24, 2.45) is 0 Å². The smallest absolute Gasteiger partial charge is 0.199 e. The molecule has 0 bridgehead atoms. The van der Waals surface area contributed by atoms with Gasteiger partial charge in [-0.15, -0.1) is 0 Å². The summed E-state index contributed by atoms with van der Waals surface area (Å²) in [4.78, 5) is 4.72. The molecule has 0 radical (unpaired) electrons. The lowest BCUT2D eigenvalue weighted by Gasteiger charge is -2.22. The maximum absolute atomic E-state index is 2.39. The Labute approximate surface area is 207 Å². The molecule has 0 saturated carbocycles. The molecule has 1 aliphatic carbocycles. The molecule has 0 aliphatic heterocycles. The predicted octanol–water partition coefficient (Wildman–Crippen LogP) is 6.41. The first-order valence-corrected chi connectivity index (χ1v) is 12.9. The summed E-state index contributed by atoms with van der Waals surface area (Å²) < 4.78 is 2.39. The normalized spacial score (nSPS) is 13.0. The molecule has 0 aromatic heterocycles. The van der Waals surface area contributed by atoms with Crippen LogP contribution < -0.4 is 4.90 Å². The molecule has 0 unspecified atom stereocenters. The van der Waals surface area contributed by atoms with Gasteiger partial charge in [-0.05, 0) is 93.4 Å². The van der Waals surface area contributed by atoms with E-state index in [4.69, 9.17) is 0 Å². The van der Waals surface area contributed by atoms with Crippen LogP contribution in [0.5, 0.6) is 0 Å². The molecular weight excluding hydrogens is 414 g/mol. The van der Waals surface area contributed by atoms with Crippen LogP contribution in [0.1, 0.15) is 51.3 Å². The molecule has 0 spiro atoms. The zero-order chi connectivity index (χ0) is 24.5. The summed E-state index contributed by atoms with van der Waals surface area (Å²) >= 11 is 0. The van der Waals surface area contributed by atoms with E-state index in [0.29, 0.717) is 0 Å². The largest absolute Gasteiger partial charge is 0.372 e. The molecule has 1 aliphatic rings. The van der Waals surface area contributed by atoms with Crippen LogP contribution in [0, 0.1) is 0 Å². The van der Waals surface area contributed by atoms with Crippen LogP contribution in [-0.4, -0.2) is 55.0 Å². The Morgan fingerprint density at radius 1 is 0.676 bits per heavy atom. The minimum atomic E-state index is 0.975. The van der Waals surface area contributed by atoms with Crippen LogP contribution in [0.4, 0.5) is 5.69 Å². The van der Waals surface area contributed by atoms with Crippen LogP contribution in [0.25, 0.3) is 5.57 Å². The van der Waals surface area contributed by atoms with Crippen molar-refractivity contribution in [1.82, 2.24) is 4.90 Å². The van der Waals surface area contributed by atoms with Gasteiger partial charge in [-0.1, -0.05) is 43.3 Å². The maximum Gasteiger partial charge on any atom is 0.199 e. The Balaban J connectivity index is 2.05. The van der Waals surface area contributed by atoms with E-state index in [1.807, 2.05) is 0 Å². The highest BCUT2D eigenvalue weighted by atomic mass is 15.1. The molecule has 180 valence electrons. The van der Waals surface area contributed by atoms with Crippen molar-refractivity contribution in [3.8, 4) is 0 Å². The highest BCUT2D eigenvalue weighted by Gasteiger charge is 2.15. The Morgan fingerprint density at radius 3 is 1.68 bits per heavy atom. The minimum absolute atomic E-state index is 0.975. The van der Waals surface area contributed by atoms with Crippen molar-refractivity contribution in [3.05, 3.63) is 95.1 Å². The molecule has 2 aromatic rings. The summed E-state index contributed by atoms with van der Waals surface area (Å²) in [6.45, 7) is 17.2. The van der Waals surface area contributed by atoms with Gasteiger partial charge in [-0.2, -0.15) is 0 Å². The van der Waals surface area contributed by atoms with E-state index < -0.39 is 0 Å². The first kappa shape index (κ1) is 25.7. The van der Waals surface area contributed by atoms with Gasteiger partial charge in [-0.3, -0.25) is 0 Å². The standard InChI is InChI=1S/C31H42N3/c1-7-32(6)24-25-12-14-26(15-13-25)31(27-16-20-29(21-17-27)33(8-2)9-3)28-18-22-30(23-19-28)34(10-4)11-5/h12-23H,7-11,24H2,1-6H3/q+1. The van der Waals surface area contributed by atoms with Crippen molar-refractivity contribution < 1.29 is 4.58 Å². The Bertz CT molecular complexity index is 1020. The van der Waals surface area contributed by atoms with Crippen LogP contribution >= 0.6 is 0 Å². The van der Waals surface area contributed by atoms with Crippen molar-refractivity contribution >= 4 is 17.0 Å². The van der Waals surface area contributed by atoms with Gasteiger partial charge in [0.05, 0.1) is 0 Å². The third-order valence-electron chi connectivity index (χ3n) is 6.80. The second-order valence-electron chi connectivity index (χ2n) is 8.84. The van der Waals surface area contributed by atoms with E-state index in [-0.39, 0.29) is 0 Å². The van der Waals surface area contributed by atoms with Crippen molar-refractivity contribution in [2.45, 2.75) is 41.2 Å². The molecule has 34 heavy (non-hydrogen) atoms. The third kappa shape index (κ3) is 6.15. The quantitative estimate of drug-likeness (QED) is 0.382. The number of anilines is 1. The van der Waals surface area contributed by atoms with Gasteiger partial charge in [-0.25, -0.2) is 4.58 Å². The fourth-order valence-corrected chi connectivity index (χ4v) is 4.56. The predicted molar refractivity (Wildman–Crippen MR) is 149 cm³/mol. The monoisotopic (exact) mass is 456 g/mol. The fraction of sp³-hybridized carbons (Fsp3) is 0.387. The van der Waals surface area contributed by atoms with Crippen LogP contribution in [-0.2, 0) is 6.54 Å². The Kier molecular flexibility index (Phi) is 9.47. The van der Waals surface area contributed by atoms with Crippen LogP contribution in [0.15, 0.2) is 78.4 Å². The molecular formula is C31H42N3+. The van der Waals surface area contributed by atoms with Gasteiger partial charge in [0.1, 0.15) is 13.1 Å². The zero-order valence-corrected chi connectivity index (χ0v) is 22.0. The van der Waals surface area contributed by atoms with E-state index in [1.54, 1.807) is 0 Å². The Hall–Kier alpha value is -2.91. The van der Waals surface area contributed by atoms with E-state index in [0.717, 1.165) is 39.3 Å². The number of nitrogens with zero attached hydrogens (tertiary/aromatic N) is 3. The third-order valence-corrected chi connectivity index (χ3v) is 6.80. The first-order chi connectivity index (χ1) is 16.5. The molecule has 0 heterocycles. The molecule has 0 atom stereocenters. The van der Waals surface area contributed by atoms with E-state index >= 15 is 0 Å². The van der Waals surface area contributed by atoms with Crippen molar-refractivity contribution in [1.29, 1.82) is 0 Å². The zero-order valence-electron chi connectivity index (χ0n) is 22.0. The second kappa shape index (κ2) is 12.5. The molecule has 0 amide bonds. The van der Waals surface area contributed by atoms with Gasteiger partial charge in [0.15, 0.2) is 5.71 Å². The summed E-state index contributed by atoms with van der Waals surface area (Å²) in [6.07, 6.45) is 9.08. The molecule has 3 rings (SSSR count). The molecule has 0 N–H and O–H groups in total. The van der Waals surface area contributed by atoms with E-state index in [9.17, 15) is 0 Å². The lowest BCUT2D eigenvalue weighted by atomic mass is 9.90. The number of hydrogen-bond donors (Lipinski definition) is 0. The molecule has 0 fully saturated rings. The van der Waals surface area contributed by atoms with Crippen molar-refractivity contribution in [3.63, 3.8) is 0 Å². The summed E-state index contributed by atoms with van der Waals surface area (Å²) in [5, 5.41) is 0. The summed E-state index contributed by atoms with van der Waals surface area (Å²) in [6, 6.07) is 18.2. The molecule has 3 nitrogen and oxygen atoms in total. The highest BCUT2D eigenvalue weighted by molar-refractivity contribution is 6.04. The van der Waals surface area contributed by atoms with E-state index in [2.05, 4.69) is 129 Å². The van der Waals surface area contributed by atoms with E-state index in [1.165, 1.54) is 39.2 Å². The SMILES string of the molecule is CCN(C)Cc1ccc(C(=C2C=CC(=[N+](CC)CC)C=C2)c2ccc(N(CC)CC)cc2)cc1. The summed E-state index contributed by atoms with van der Waals surface area (Å²) in [5.41, 5.74) is 8.96. The molecule has 3 heteroatoms. The highest BCUT2D eigenvalue weighted by Crippen LogP contribution is 2.31. The summed E-state index contributed by atoms with van der Waals surface area (Å²) in [7, 11) is 2.17. The summed E-state index contributed by atoms with van der Waals surface area (Å²) in [5.74, 6) is 0. The first-order valence-electron chi connectivity index (χ1n) is 12.9. The Morgan fingerprint density at radius 2 is 1.21 bits per heavy atom. The van der Waals surface area contributed by atoms with Gasteiger partial charge in [0, 0.05) is 37.5 Å². The minimum Gasteiger partial charge on any atom is -0.372 e. The van der Waals surface area contributed by atoms with Gasteiger partial charge >= 0.3 is 0 Å². The number of hydrogen-bond acceptors (Lipinski definition) is 2. The van der Waals surface area contributed by atoms with Gasteiger partial charge in [0.2, 0.25) is 0 Å². The topological polar surface area (TPSA) is 9.49 Å². The fourth-order valence-electron chi connectivity index (χ4n) is 4.56. The van der Waals surface area contributed by atoms with Crippen molar-refractivity contribution in [2.75, 3.05) is 44.7 Å². The number of allylic oxidation sites excluding steroid dienone is 5. The molecule has 2 aromatic carbocycles. The van der Waals surface area contributed by atoms with Crippen LogP contribution in [0.3, 0.4) is 0 Å². The average molecular weight is 457 g/mol. The van der Waals surface area contributed by atoms with Gasteiger partial charge < -0.3 is 9.80 Å². The maximum atomic E-state index is 2.39. The average Bonchev–Trinajstić information content (AvgIpc) is 2.88.